The summed E-state index contributed by atoms with van der Waals surface area (Å²) in [5.41, 5.74) is 3.04. The predicted octanol–water partition coefficient (Wildman–Crippen LogP) is 2.92. The SMILES string of the molecule is COc1ccc(CN(C(=O)COc2ccc(C)c(C)c2)[C@H]2CCS(=O)(=O)C2)cc1OC. The van der Waals surface area contributed by atoms with Crippen molar-refractivity contribution in [2.24, 2.45) is 0 Å². The predicted molar refractivity (Wildman–Crippen MR) is 119 cm³/mol. The number of sulfone groups is 1. The summed E-state index contributed by atoms with van der Waals surface area (Å²) in [6, 6.07) is 10.7. The van der Waals surface area contributed by atoms with Crippen molar-refractivity contribution in [2.45, 2.75) is 32.9 Å². The fourth-order valence-electron chi connectivity index (χ4n) is 3.65. The molecular formula is C23H29NO6S. The molecule has 1 heterocycles. The fourth-order valence-corrected chi connectivity index (χ4v) is 5.38. The number of carbonyl (C=O) groups excluding carboxylic acids is 1. The normalized spacial score (nSPS) is 17.2. The van der Waals surface area contributed by atoms with Gasteiger partial charge in [0.25, 0.3) is 5.91 Å². The Balaban J connectivity index is 1.79. The smallest absolute Gasteiger partial charge is 0.261 e. The first kappa shape index (κ1) is 22.9. The van der Waals surface area contributed by atoms with Crippen molar-refractivity contribution in [3.05, 3.63) is 53.1 Å². The molecule has 7 nitrogen and oxygen atoms in total. The lowest BCUT2D eigenvalue weighted by molar-refractivity contribution is -0.136. The molecule has 1 fully saturated rings. The number of hydrogen-bond donors (Lipinski definition) is 0. The molecule has 31 heavy (non-hydrogen) atoms. The second-order valence-corrected chi connectivity index (χ2v) is 10.0. The van der Waals surface area contributed by atoms with E-state index in [0.717, 1.165) is 16.7 Å². The Morgan fingerprint density at radius 2 is 1.77 bits per heavy atom. The van der Waals surface area contributed by atoms with Crippen LogP contribution in [0, 0.1) is 13.8 Å². The third-order valence-corrected chi connectivity index (χ3v) is 7.36. The van der Waals surface area contributed by atoms with Gasteiger partial charge in [0.05, 0.1) is 25.7 Å². The maximum atomic E-state index is 13.1. The van der Waals surface area contributed by atoms with Gasteiger partial charge in [0.15, 0.2) is 27.9 Å². The maximum Gasteiger partial charge on any atom is 0.261 e. The number of hydrogen-bond acceptors (Lipinski definition) is 6. The largest absolute Gasteiger partial charge is 0.493 e. The van der Waals surface area contributed by atoms with Gasteiger partial charge in [-0.1, -0.05) is 12.1 Å². The van der Waals surface area contributed by atoms with Crippen LogP contribution in [0.4, 0.5) is 0 Å². The lowest BCUT2D eigenvalue weighted by atomic mass is 10.1. The summed E-state index contributed by atoms with van der Waals surface area (Å²) in [7, 11) is -0.0431. The van der Waals surface area contributed by atoms with Gasteiger partial charge in [-0.25, -0.2) is 8.42 Å². The molecule has 0 bridgehead atoms. The molecule has 0 spiro atoms. The Bertz CT molecular complexity index is 1050. The fraction of sp³-hybridized carbons (Fsp3) is 0.435. The third-order valence-electron chi connectivity index (χ3n) is 5.61. The van der Waals surface area contributed by atoms with Crippen molar-refractivity contribution in [3.8, 4) is 17.2 Å². The lowest BCUT2D eigenvalue weighted by Gasteiger charge is -2.28. The minimum absolute atomic E-state index is 0.0321. The first-order valence-corrected chi connectivity index (χ1v) is 12.0. The van der Waals surface area contributed by atoms with Crippen LogP contribution >= 0.6 is 0 Å². The van der Waals surface area contributed by atoms with Crippen LogP contribution in [0.1, 0.15) is 23.1 Å². The molecule has 1 aliphatic heterocycles. The van der Waals surface area contributed by atoms with Crippen LogP contribution in [-0.4, -0.2) is 57.6 Å². The van der Waals surface area contributed by atoms with Gasteiger partial charge in [-0.05, 0) is 61.2 Å². The van der Waals surface area contributed by atoms with E-state index in [1.54, 1.807) is 31.3 Å². The van der Waals surface area contributed by atoms with E-state index in [-0.39, 0.29) is 36.6 Å². The second-order valence-electron chi connectivity index (χ2n) is 7.80. The van der Waals surface area contributed by atoms with E-state index in [0.29, 0.717) is 23.7 Å². The van der Waals surface area contributed by atoms with Crippen LogP contribution < -0.4 is 14.2 Å². The molecule has 8 heteroatoms. The molecule has 1 saturated heterocycles. The van der Waals surface area contributed by atoms with Crippen molar-refractivity contribution in [3.63, 3.8) is 0 Å². The molecule has 0 unspecified atom stereocenters. The van der Waals surface area contributed by atoms with E-state index < -0.39 is 9.84 Å². The molecular weight excluding hydrogens is 418 g/mol. The zero-order valence-corrected chi connectivity index (χ0v) is 19.2. The molecule has 0 radical (unpaired) electrons. The molecule has 0 N–H and O–H groups in total. The summed E-state index contributed by atoms with van der Waals surface area (Å²) >= 11 is 0. The highest BCUT2D eigenvalue weighted by Gasteiger charge is 2.35. The Morgan fingerprint density at radius 1 is 1.03 bits per heavy atom. The van der Waals surface area contributed by atoms with E-state index >= 15 is 0 Å². The summed E-state index contributed by atoms with van der Waals surface area (Å²) in [5.74, 6) is 1.56. The van der Waals surface area contributed by atoms with Crippen molar-refractivity contribution in [2.75, 3.05) is 32.3 Å². The highest BCUT2D eigenvalue weighted by atomic mass is 32.2. The number of nitrogens with zero attached hydrogens (tertiary/aromatic N) is 1. The summed E-state index contributed by atoms with van der Waals surface area (Å²) in [4.78, 5) is 14.7. The highest BCUT2D eigenvalue weighted by molar-refractivity contribution is 7.91. The van der Waals surface area contributed by atoms with Crippen LogP contribution in [0.3, 0.4) is 0 Å². The number of ether oxygens (including phenoxy) is 3. The van der Waals surface area contributed by atoms with Gasteiger partial charge in [-0.15, -0.1) is 0 Å². The molecule has 1 aliphatic rings. The van der Waals surface area contributed by atoms with Crippen LogP contribution in [-0.2, 0) is 21.2 Å². The quantitative estimate of drug-likeness (QED) is 0.619. The Kier molecular flexibility index (Phi) is 7.10. The molecule has 1 amide bonds. The van der Waals surface area contributed by atoms with Crippen LogP contribution in [0.5, 0.6) is 17.2 Å². The Labute approximate surface area is 183 Å². The molecule has 2 aromatic rings. The number of amides is 1. The van der Waals surface area contributed by atoms with Crippen molar-refractivity contribution < 1.29 is 27.4 Å². The zero-order chi connectivity index (χ0) is 22.6. The van der Waals surface area contributed by atoms with Crippen molar-refractivity contribution in [1.82, 2.24) is 4.90 Å². The topological polar surface area (TPSA) is 82.1 Å². The van der Waals surface area contributed by atoms with Gasteiger partial charge in [0, 0.05) is 12.6 Å². The van der Waals surface area contributed by atoms with E-state index in [2.05, 4.69) is 0 Å². The summed E-state index contributed by atoms with van der Waals surface area (Å²) < 4.78 is 40.5. The van der Waals surface area contributed by atoms with Gasteiger partial charge in [-0.2, -0.15) is 0 Å². The third kappa shape index (κ3) is 5.70. The zero-order valence-electron chi connectivity index (χ0n) is 18.4. The van der Waals surface area contributed by atoms with Crippen molar-refractivity contribution >= 4 is 15.7 Å². The number of aryl methyl sites for hydroxylation is 2. The molecule has 0 saturated carbocycles. The maximum absolute atomic E-state index is 13.1. The molecule has 1 atom stereocenters. The van der Waals surface area contributed by atoms with E-state index in [1.807, 2.05) is 38.1 Å². The van der Waals surface area contributed by atoms with E-state index in [1.165, 1.54) is 0 Å². The second kappa shape index (κ2) is 9.60. The monoisotopic (exact) mass is 447 g/mol. The Morgan fingerprint density at radius 3 is 2.39 bits per heavy atom. The van der Waals surface area contributed by atoms with Crippen molar-refractivity contribution in [1.29, 1.82) is 0 Å². The number of rotatable bonds is 8. The van der Waals surface area contributed by atoms with Gasteiger partial charge in [0.1, 0.15) is 5.75 Å². The molecule has 3 rings (SSSR count). The summed E-state index contributed by atoms with van der Waals surface area (Å²) in [5, 5.41) is 0. The van der Waals surface area contributed by atoms with Crippen LogP contribution in [0.15, 0.2) is 36.4 Å². The highest BCUT2D eigenvalue weighted by Crippen LogP contribution is 2.29. The average molecular weight is 448 g/mol. The van der Waals surface area contributed by atoms with Gasteiger partial charge in [-0.3, -0.25) is 4.79 Å². The van der Waals surface area contributed by atoms with E-state index in [9.17, 15) is 13.2 Å². The van der Waals surface area contributed by atoms with Gasteiger partial charge in [0.2, 0.25) is 0 Å². The average Bonchev–Trinajstić information content (AvgIpc) is 3.11. The summed E-state index contributed by atoms with van der Waals surface area (Å²) in [6.07, 6.45) is 0.422. The molecule has 0 aliphatic carbocycles. The summed E-state index contributed by atoms with van der Waals surface area (Å²) in [6.45, 7) is 4.09. The Hall–Kier alpha value is -2.74. The minimum Gasteiger partial charge on any atom is -0.493 e. The lowest BCUT2D eigenvalue weighted by Crippen LogP contribution is -2.43. The van der Waals surface area contributed by atoms with Crippen LogP contribution in [0.25, 0.3) is 0 Å². The first-order valence-electron chi connectivity index (χ1n) is 10.1. The number of carbonyl (C=O) groups is 1. The molecule has 168 valence electrons. The number of benzene rings is 2. The van der Waals surface area contributed by atoms with E-state index in [4.69, 9.17) is 14.2 Å². The standard InChI is InChI=1S/C23H29NO6S/c1-16-5-7-20(11-17(16)2)30-14-23(25)24(19-9-10-31(26,27)15-19)13-18-6-8-21(28-3)22(12-18)29-4/h5-8,11-12,19H,9-10,13-15H2,1-4H3/t19-/m0/s1. The van der Waals surface area contributed by atoms with Crippen LogP contribution in [0.2, 0.25) is 0 Å². The first-order chi connectivity index (χ1) is 14.7. The van der Waals surface area contributed by atoms with Gasteiger partial charge >= 0.3 is 0 Å². The number of methoxy groups -OCH3 is 2. The van der Waals surface area contributed by atoms with Gasteiger partial charge < -0.3 is 19.1 Å². The molecule has 0 aromatic heterocycles. The minimum atomic E-state index is -3.15. The molecule has 2 aromatic carbocycles.